The average molecular weight is 284 g/mol. The summed E-state index contributed by atoms with van der Waals surface area (Å²) in [7, 11) is 0. The molecule has 0 fully saturated rings. The fourth-order valence-corrected chi connectivity index (χ4v) is 2.02. The number of aldehydes is 1. The van der Waals surface area contributed by atoms with Crippen molar-refractivity contribution in [2.24, 2.45) is 0 Å². The van der Waals surface area contributed by atoms with Crippen LogP contribution in [-0.4, -0.2) is 19.5 Å². The van der Waals surface area contributed by atoms with E-state index >= 15 is 0 Å². The molecule has 0 heterocycles. The number of hydrogen-bond donors (Lipinski definition) is 0. The maximum atomic E-state index is 10.9. The Bertz CT molecular complexity index is 564. The second kappa shape index (κ2) is 8.22. The Morgan fingerprint density at radius 1 is 1.00 bits per heavy atom. The van der Waals surface area contributed by atoms with E-state index in [4.69, 9.17) is 9.47 Å². The van der Waals surface area contributed by atoms with Crippen LogP contribution < -0.4 is 4.74 Å². The zero-order chi connectivity index (χ0) is 14.9. The van der Waals surface area contributed by atoms with Crippen molar-refractivity contribution < 1.29 is 14.3 Å². The minimum absolute atomic E-state index is 0.581. The summed E-state index contributed by atoms with van der Waals surface area (Å²) < 4.78 is 11.3. The highest BCUT2D eigenvalue weighted by Crippen LogP contribution is 2.20. The van der Waals surface area contributed by atoms with Crippen molar-refractivity contribution in [2.75, 3.05) is 13.2 Å². The molecule has 0 aliphatic carbocycles. The van der Waals surface area contributed by atoms with E-state index in [9.17, 15) is 4.79 Å². The summed E-state index contributed by atoms with van der Waals surface area (Å²) >= 11 is 0. The van der Waals surface area contributed by atoms with Gasteiger partial charge in [-0.3, -0.25) is 4.79 Å². The number of ether oxygens (including phenoxy) is 2. The number of carbonyl (C=O) groups is 1. The van der Waals surface area contributed by atoms with Gasteiger partial charge in [-0.2, -0.15) is 0 Å². The summed E-state index contributed by atoms with van der Waals surface area (Å²) in [5.41, 5.74) is 2.73. The second-order valence-electron chi connectivity index (χ2n) is 4.83. The van der Waals surface area contributed by atoms with E-state index in [0.717, 1.165) is 24.0 Å². The molecule has 0 unspecified atom stereocenters. The van der Waals surface area contributed by atoms with E-state index in [0.29, 0.717) is 25.4 Å². The molecule has 0 spiro atoms. The van der Waals surface area contributed by atoms with Gasteiger partial charge in [0.15, 0.2) is 0 Å². The molecule has 3 heteroatoms. The Morgan fingerprint density at radius 2 is 1.81 bits per heavy atom. The number of benzene rings is 2. The Balaban J connectivity index is 1.67. The molecular formula is C18H20O3. The Labute approximate surface area is 125 Å². The third-order valence-electron chi connectivity index (χ3n) is 3.26. The molecule has 0 radical (unpaired) electrons. The van der Waals surface area contributed by atoms with Crippen LogP contribution in [0.15, 0.2) is 48.5 Å². The third-order valence-corrected chi connectivity index (χ3v) is 3.26. The van der Waals surface area contributed by atoms with Crippen molar-refractivity contribution in [3.63, 3.8) is 0 Å². The van der Waals surface area contributed by atoms with Crippen LogP contribution in [0.2, 0.25) is 0 Å². The first-order valence-corrected chi connectivity index (χ1v) is 7.10. The first-order valence-electron chi connectivity index (χ1n) is 7.10. The average Bonchev–Trinajstić information content (AvgIpc) is 2.53. The second-order valence-corrected chi connectivity index (χ2v) is 4.83. The summed E-state index contributed by atoms with van der Waals surface area (Å²) in [6.45, 7) is 3.75. The summed E-state index contributed by atoms with van der Waals surface area (Å²) in [5, 5.41) is 0. The van der Waals surface area contributed by atoms with Gasteiger partial charge < -0.3 is 9.47 Å². The van der Waals surface area contributed by atoms with Gasteiger partial charge >= 0.3 is 0 Å². The lowest BCUT2D eigenvalue weighted by Gasteiger charge is -2.10. The molecule has 0 amide bonds. The predicted molar refractivity (Wildman–Crippen MR) is 82.8 cm³/mol. The first-order chi connectivity index (χ1) is 10.3. The van der Waals surface area contributed by atoms with Gasteiger partial charge in [0, 0.05) is 17.5 Å². The van der Waals surface area contributed by atoms with E-state index in [1.54, 1.807) is 6.07 Å². The van der Waals surface area contributed by atoms with Gasteiger partial charge in [-0.15, -0.1) is 0 Å². The lowest BCUT2D eigenvalue weighted by Crippen LogP contribution is -2.04. The third kappa shape index (κ3) is 4.72. The van der Waals surface area contributed by atoms with Crippen LogP contribution in [0, 0.1) is 6.92 Å². The number of rotatable bonds is 8. The normalized spacial score (nSPS) is 10.3. The van der Waals surface area contributed by atoms with Gasteiger partial charge in [-0.05, 0) is 18.6 Å². The highest BCUT2D eigenvalue weighted by Gasteiger charge is 2.03. The highest BCUT2D eigenvalue weighted by atomic mass is 16.5. The van der Waals surface area contributed by atoms with E-state index in [-0.39, 0.29) is 0 Å². The minimum atomic E-state index is 0.581. The van der Waals surface area contributed by atoms with Crippen LogP contribution in [0.1, 0.15) is 27.9 Å². The van der Waals surface area contributed by atoms with Crippen molar-refractivity contribution in [3.8, 4) is 5.75 Å². The zero-order valence-corrected chi connectivity index (χ0v) is 12.2. The Morgan fingerprint density at radius 3 is 2.57 bits per heavy atom. The Kier molecular flexibility index (Phi) is 5.98. The van der Waals surface area contributed by atoms with E-state index in [1.165, 1.54) is 5.56 Å². The van der Waals surface area contributed by atoms with Gasteiger partial charge in [-0.25, -0.2) is 0 Å². The maximum absolute atomic E-state index is 10.9. The Hall–Kier alpha value is -2.13. The molecule has 3 nitrogen and oxygen atoms in total. The smallest absolute Gasteiger partial charge is 0.150 e. The van der Waals surface area contributed by atoms with Crippen molar-refractivity contribution in [1.82, 2.24) is 0 Å². The van der Waals surface area contributed by atoms with Crippen molar-refractivity contribution in [3.05, 3.63) is 65.2 Å². The van der Waals surface area contributed by atoms with Crippen LogP contribution in [0.3, 0.4) is 0 Å². The maximum Gasteiger partial charge on any atom is 0.150 e. The SMILES string of the molecule is Cc1c(C=O)cccc1OCCCOCc1ccccc1. The highest BCUT2D eigenvalue weighted by molar-refractivity contribution is 5.78. The molecule has 0 aliphatic rings. The van der Waals surface area contributed by atoms with Gasteiger partial charge in [0.05, 0.1) is 19.8 Å². The molecule has 2 aromatic rings. The monoisotopic (exact) mass is 284 g/mol. The lowest BCUT2D eigenvalue weighted by molar-refractivity contribution is 0.107. The molecule has 0 aliphatic heterocycles. The van der Waals surface area contributed by atoms with E-state index < -0.39 is 0 Å². The van der Waals surface area contributed by atoms with E-state index in [1.807, 2.05) is 49.4 Å². The largest absolute Gasteiger partial charge is 0.493 e. The molecule has 2 rings (SSSR count). The van der Waals surface area contributed by atoms with Gasteiger partial charge in [0.25, 0.3) is 0 Å². The van der Waals surface area contributed by atoms with Crippen LogP contribution in [-0.2, 0) is 11.3 Å². The molecular weight excluding hydrogens is 264 g/mol. The van der Waals surface area contributed by atoms with Gasteiger partial charge in [0.2, 0.25) is 0 Å². The zero-order valence-electron chi connectivity index (χ0n) is 12.2. The molecule has 0 saturated carbocycles. The van der Waals surface area contributed by atoms with Gasteiger partial charge in [-0.1, -0.05) is 42.5 Å². The van der Waals surface area contributed by atoms with Crippen molar-refractivity contribution in [1.29, 1.82) is 0 Å². The molecule has 0 atom stereocenters. The van der Waals surface area contributed by atoms with E-state index in [2.05, 4.69) is 0 Å². The molecule has 0 aromatic heterocycles. The fourth-order valence-electron chi connectivity index (χ4n) is 2.02. The van der Waals surface area contributed by atoms with Crippen molar-refractivity contribution >= 4 is 6.29 Å². The minimum Gasteiger partial charge on any atom is -0.493 e. The summed E-state index contributed by atoms with van der Waals surface area (Å²) in [6, 6.07) is 15.6. The summed E-state index contributed by atoms with van der Waals surface area (Å²) in [4.78, 5) is 10.9. The molecule has 21 heavy (non-hydrogen) atoms. The molecule has 0 saturated heterocycles. The number of hydrogen-bond acceptors (Lipinski definition) is 3. The number of carbonyl (C=O) groups excluding carboxylic acids is 1. The molecule has 0 N–H and O–H groups in total. The predicted octanol–water partition coefficient (Wildman–Crippen LogP) is 3.79. The van der Waals surface area contributed by atoms with Gasteiger partial charge in [0.1, 0.15) is 12.0 Å². The summed E-state index contributed by atoms with van der Waals surface area (Å²) in [6.07, 6.45) is 1.67. The van der Waals surface area contributed by atoms with Crippen LogP contribution in [0.5, 0.6) is 5.75 Å². The molecule has 0 bridgehead atoms. The first kappa shape index (κ1) is 15.3. The van der Waals surface area contributed by atoms with Crippen LogP contribution in [0.25, 0.3) is 0 Å². The lowest BCUT2D eigenvalue weighted by atomic mass is 10.1. The topological polar surface area (TPSA) is 35.5 Å². The van der Waals surface area contributed by atoms with Crippen molar-refractivity contribution in [2.45, 2.75) is 20.0 Å². The molecule has 2 aromatic carbocycles. The fraction of sp³-hybridized carbons (Fsp3) is 0.278. The molecule has 110 valence electrons. The summed E-state index contributed by atoms with van der Waals surface area (Å²) in [5.74, 6) is 0.766. The van der Waals surface area contributed by atoms with Crippen LogP contribution >= 0.6 is 0 Å². The quantitative estimate of drug-likeness (QED) is 0.546. The van der Waals surface area contributed by atoms with Crippen LogP contribution in [0.4, 0.5) is 0 Å². The standard InChI is InChI=1S/C18H20O3/c1-15-17(13-19)9-5-10-18(15)21-12-6-11-20-14-16-7-3-2-4-8-16/h2-5,7-10,13H,6,11-12,14H2,1H3.